The summed E-state index contributed by atoms with van der Waals surface area (Å²) in [6, 6.07) is 22.4. The Kier molecular flexibility index (Phi) is 6.96. The minimum Gasteiger partial charge on any atom is -0.346 e. The highest BCUT2D eigenvalue weighted by atomic mass is 35.5. The first-order valence-electron chi connectivity index (χ1n) is 9.13. The molecule has 3 rings (SSSR count). The molecule has 0 aliphatic heterocycles. The molecule has 148 valence electrons. The van der Waals surface area contributed by atoms with Crippen LogP contribution in [0.5, 0.6) is 0 Å². The minimum atomic E-state index is -0.198. The lowest BCUT2D eigenvalue weighted by Crippen LogP contribution is -2.26. The van der Waals surface area contributed by atoms with Crippen LogP contribution < -0.4 is 10.6 Å². The lowest BCUT2D eigenvalue weighted by Gasteiger charge is -2.16. The average molecular weight is 425 g/mol. The van der Waals surface area contributed by atoms with Gasteiger partial charge in [0.2, 0.25) is 5.91 Å². The SMILES string of the molecule is CC(=O)Nc1cc(C(=O)NC(C)c2ccccc2)ccc1Sc1ccc(Cl)cc1. The van der Waals surface area contributed by atoms with E-state index in [1.165, 1.54) is 18.7 Å². The number of hydrogen-bond donors (Lipinski definition) is 2. The number of hydrogen-bond acceptors (Lipinski definition) is 3. The number of anilines is 1. The molecule has 0 aliphatic carbocycles. The van der Waals surface area contributed by atoms with Crippen LogP contribution >= 0.6 is 23.4 Å². The third-order valence-electron chi connectivity index (χ3n) is 4.24. The highest BCUT2D eigenvalue weighted by molar-refractivity contribution is 7.99. The maximum absolute atomic E-state index is 12.7. The van der Waals surface area contributed by atoms with Crippen molar-refractivity contribution in [2.45, 2.75) is 29.7 Å². The smallest absolute Gasteiger partial charge is 0.251 e. The van der Waals surface area contributed by atoms with Gasteiger partial charge in [0.25, 0.3) is 5.91 Å². The van der Waals surface area contributed by atoms with Gasteiger partial charge in [0.05, 0.1) is 11.7 Å². The molecule has 0 aromatic heterocycles. The summed E-state index contributed by atoms with van der Waals surface area (Å²) in [5.41, 5.74) is 2.10. The van der Waals surface area contributed by atoms with Gasteiger partial charge in [-0.1, -0.05) is 53.7 Å². The number of halogens is 1. The fraction of sp³-hybridized carbons (Fsp3) is 0.130. The molecule has 4 nitrogen and oxygen atoms in total. The van der Waals surface area contributed by atoms with Crippen molar-refractivity contribution in [1.82, 2.24) is 5.32 Å². The molecule has 1 unspecified atom stereocenters. The number of nitrogens with one attached hydrogen (secondary N) is 2. The predicted octanol–water partition coefficient (Wildman–Crippen LogP) is 5.94. The summed E-state index contributed by atoms with van der Waals surface area (Å²) in [4.78, 5) is 26.2. The third-order valence-corrected chi connectivity index (χ3v) is 5.58. The molecule has 0 aliphatic rings. The van der Waals surface area contributed by atoms with E-state index >= 15 is 0 Å². The number of benzene rings is 3. The van der Waals surface area contributed by atoms with Crippen LogP contribution in [0.4, 0.5) is 5.69 Å². The van der Waals surface area contributed by atoms with Crippen LogP contribution in [0.25, 0.3) is 0 Å². The molecule has 0 spiro atoms. The highest BCUT2D eigenvalue weighted by Gasteiger charge is 2.14. The van der Waals surface area contributed by atoms with Crippen molar-refractivity contribution < 1.29 is 9.59 Å². The summed E-state index contributed by atoms with van der Waals surface area (Å²) >= 11 is 7.44. The van der Waals surface area contributed by atoms with E-state index in [2.05, 4.69) is 10.6 Å². The lowest BCUT2D eigenvalue weighted by molar-refractivity contribution is -0.114. The Hall–Kier alpha value is -2.76. The summed E-state index contributed by atoms with van der Waals surface area (Å²) in [6.45, 7) is 3.38. The van der Waals surface area contributed by atoms with E-state index in [0.717, 1.165) is 15.4 Å². The van der Waals surface area contributed by atoms with Crippen molar-refractivity contribution in [3.8, 4) is 0 Å². The molecule has 0 fully saturated rings. The maximum Gasteiger partial charge on any atom is 0.251 e. The second-order valence-corrected chi connectivity index (χ2v) is 8.11. The summed E-state index contributed by atoms with van der Waals surface area (Å²) in [7, 11) is 0. The van der Waals surface area contributed by atoms with Crippen LogP contribution in [-0.2, 0) is 4.79 Å². The van der Waals surface area contributed by atoms with Gasteiger partial charge in [0, 0.05) is 27.3 Å². The molecule has 1 atom stereocenters. The van der Waals surface area contributed by atoms with E-state index in [9.17, 15) is 9.59 Å². The predicted molar refractivity (Wildman–Crippen MR) is 119 cm³/mol. The van der Waals surface area contributed by atoms with Crippen molar-refractivity contribution in [3.05, 3.63) is 88.9 Å². The zero-order valence-corrected chi connectivity index (χ0v) is 17.7. The number of carbonyl (C=O) groups is 2. The molecular formula is C23H21ClN2O2S. The second-order valence-electron chi connectivity index (χ2n) is 6.55. The number of amides is 2. The fourth-order valence-corrected chi connectivity index (χ4v) is 3.79. The van der Waals surface area contributed by atoms with E-state index in [-0.39, 0.29) is 17.9 Å². The van der Waals surface area contributed by atoms with Crippen LogP contribution in [0.2, 0.25) is 5.02 Å². The molecule has 2 amide bonds. The van der Waals surface area contributed by atoms with Gasteiger partial charge in [-0.2, -0.15) is 0 Å². The zero-order chi connectivity index (χ0) is 20.8. The van der Waals surface area contributed by atoms with Crippen LogP contribution in [0.15, 0.2) is 82.6 Å². The largest absolute Gasteiger partial charge is 0.346 e. The van der Waals surface area contributed by atoms with Crippen molar-refractivity contribution in [2.24, 2.45) is 0 Å². The molecule has 6 heteroatoms. The van der Waals surface area contributed by atoms with Gasteiger partial charge in [-0.25, -0.2) is 0 Å². The third kappa shape index (κ3) is 5.86. The Morgan fingerprint density at radius 1 is 0.966 bits per heavy atom. The van der Waals surface area contributed by atoms with E-state index in [1.54, 1.807) is 12.1 Å². The Morgan fingerprint density at radius 2 is 1.66 bits per heavy atom. The molecule has 0 radical (unpaired) electrons. The van der Waals surface area contributed by atoms with E-state index < -0.39 is 0 Å². The molecule has 0 saturated carbocycles. The first kappa shape index (κ1) is 21.0. The summed E-state index contributed by atoms with van der Waals surface area (Å²) in [5, 5.41) is 6.48. The van der Waals surface area contributed by atoms with Crippen molar-refractivity contribution in [1.29, 1.82) is 0 Å². The molecule has 0 heterocycles. The van der Waals surface area contributed by atoms with Gasteiger partial charge in [-0.15, -0.1) is 0 Å². The van der Waals surface area contributed by atoms with Crippen LogP contribution in [0.3, 0.4) is 0 Å². The monoisotopic (exact) mass is 424 g/mol. The van der Waals surface area contributed by atoms with E-state index in [4.69, 9.17) is 11.6 Å². The normalized spacial score (nSPS) is 11.6. The van der Waals surface area contributed by atoms with Gasteiger partial charge in [0.1, 0.15) is 0 Å². The first-order valence-corrected chi connectivity index (χ1v) is 10.3. The standard InChI is InChI=1S/C23H21ClN2O2S/c1-15(17-6-4-3-5-7-17)25-23(28)18-8-13-22(21(14-18)26-16(2)27)29-20-11-9-19(24)10-12-20/h3-15H,1-2H3,(H,25,28)(H,26,27). The van der Waals surface area contributed by atoms with Crippen LogP contribution in [0, 0.1) is 0 Å². The first-order chi connectivity index (χ1) is 13.9. The maximum atomic E-state index is 12.7. The topological polar surface area (TPSA) is 58.2 Å². The molecule has 0 saturated heterocycles. The molecular weight excluding hydrogens is 404 g/mol. The van der Waals surface area contributed by atoms with E-state index in [0.29, 0.717) is 16.3 Å². The number of rotatable bonds is 6. The van der Waals surface area contributed by atoms with Gasteiger partial charge >= 0.3 is 0 Å². The van der Waals surface area contributed by atoms with Gasteiger partial charge in [-0.3, -0.25) is 9.59 Å². The lowest BCUT2D eigenvalue weighted by atomic mass is 10.1. The fourth-order valence-electron chi connectivity index (χ4n) is 2.78. The second kappa shape index (κ2) is 9.63. The van der Waals surface area contributed by atoms with E-state index in [1.807, 2.05) is 67.6 Å². The quantitative estimate of drug-likeness (QED) is 0.514. The number of carbonyl (C=O) groups excluding carboxylic acids is 2. The van der Waals surface area contributed by atoms with Gasteiger partial charge in [-0.05, 0) is 55.0 Å². The van der Waals surface area contributed by atoms with Gasteiger partial charge < -0.3 is 10.6 Å². The average Bonchev–Trinajstić information content (AvgIpc) is 2.71. The van der Waals surface area contributed by atoms with Crippen molar-refractivity contribution >= 4 is 40.9 Å². The summed E-state index contributed by atoms with van der Waals surface area (Å²) < 4.78 is 0. The Bertz CT molecular complexity index is 1010. The molecule has 29 heavy (non-hydrogen) atoms. The highest BCUT2D eigenvalue weighted by Crippen LogP contribution is 2.35. The Morgan fingerprint density at radius 3 is 2.31 bits per heavy atom. The molecule has 3 aromatic rings. The molecule has 0 bridgehead atoms. The van der Waals surface area contributed by atoms with Crippen LogP contribution in [0.1, 0.15) is 35.8 Å². The minimum absolute atomic E-state index is 0.129. The van der Waals surface area contributed by atoms with Crippen molar-refractivity contribution in [3.63, 3.8) is 0 Å². The van der Waals surface area contributed by atoms with Crippen LogP contribution in [-0.4, -0.2) is 11.8 Å². The van der Waals surface area contributed by atoms with Gasteiger partial charge in [0.15, 0.2) is 0 Å². The summed E-state index contributed by atoms with van der Waals surface area (Å²) in [5.74, 6) is -0.394. The van der Waals surface area contributed by atoms with Crippen molar-refractivity contribution in [2.75, 3.05) is 5.32 Å². The Labute approximate surface area is 179 Å². The molecule has 2 N–H and O–H groups in total. The summed E-state index contributed by atoms with van der Waals surface area (Å²) in [6.07, 6.45) is 0. The Balaban J connectivity index is 1.81. The zero-order valence-electron chi connectivity index (χ0n) is 16.1. The molecule has 3 aromatic carbocycles.